The number of hydrogen-bond donors (Lipinski definition) is 0. The highest BCUT2D eigenvalue weighted by molar-refractivity contribution is 5.98. The van der Waals surface area contributed by atoms with Gasteiger partial charge in [-0.05, 0) is 36.6 Å². The third-order valence-electron chi connectivity index (χ3n) is 5.62. The van der Waals surface area contributed by atoms with Crippen molar-refractivity contribution in [1.29, 1.82) is 5.26 Å². The Bertz CT molecular complexity index is 864. The Morgan fingerprint density at radius 3 is 2.52 bits per heavy atom. The van der Waals surface area contributed by atoms with E-state index < -0.39 is 5.82 Å². The van der Waals surface area contributed by atoms with Crippen molar-refractivity contribution in [2.75, 3.05) is 13.2 Å². The van der Waals surface area contributed by atoms with E-state index in [1.807, 2.05) is 24.3 Å². The predicted molar refractivity (Wildman–Crippen MR) is 98.5 cm³/mol. The van der Waals surface area contributed by atoms with Crippen molar-refractivity contribution in [1.82, 2.24) is 4.90 Å². The number of ketones is 1. The minimum Gasteiger partial charge on any atom is -0.378 e. The lowest BCUT2D eigenvalue weighted by molar-refractivity contribution is -0.0872. The zero-order chi connectivity index (χ0) is 18.8. The molecule has 0 amide bonds. The van der Waals surface area contributed by atoms with Gasteiger partial charge in [0.1, 0.15) is 11.9 Å². The summed E-state index contributed by atoms with van der Waals surface area (Å²) in [5, 5.41) is 9.02. The molecule has 2 aliphatic rings. The number of nitrogens with zero attached hydrogens (tertiary/aromatic N) is 2. The van der Waals surface area contributed by atoms with E-state index in [2.05, 4.69) is 17.0 Å². The molecule has 2 aliphatic heterocycles. The molecule has 2 aromatic carbocycles. The van der Waals surface area contributed by atoms with Crippen molar-refractivity contribution >= 4 is 5.78 Å². The zero-order valence-electron chi connectivity index (χ0n) is 15.0. The Morgan fingerprint density at radius 2 is 1.85 bits per heavy atom. The molecule has 2 fully saturated rings. The fourth-order valence-corrected chi connectivity index (χ4v) is 4.26. The Labute approximate surface area is 158 Å². The van der Waals surface area contributed by atoms with Crippen molar-refractivity contribution in [3.8, 4) is 6.07 Å². The van der Waals surface area contributed by atoms with Crippen LogP contribution in [0.2, 0.25) is 0 Å². The number of piperidine rings is 1. The standard InChI is InChI=1S/C22H21FN2O2/c23-21-7-6-16(8-18(21)11-24)22(26)17-9-19-13-27-14-20(10-17)25(19)12-15-4-2-1-3-5-15/h1-8,17,19-20H,9-10,12-14H2. The zero-order valence-corrected chi connectivity index (χ0v) is 15.0. The van der Waals surface area contributed by atoms with E-state index in [1.54, 1.807) is 0 Å². The molecule has 5 heteroatoms. The molecule has 4 nitrogen and oxygen atoms in total. The van der Waals surface area contributed by atoms with Crippen LogP contribution in [-0.2, 0) is 11.3 Å². The van der Waals surface area contributed by atoms with E-state index in [-0.39, 0.29) is 29.3 Å². The SMILES string of the molecule is N#Cc1cc(C(=O)C2CC3COCC(C2)N3Cc2ccccc2)ccc1F. The maximum absolute atomic E-state index is 13.6. The van der Waals surface area contributed by atoms with Crippen LogP contribution in [0.5, 0.6) is 0 Å². The van der Waals surface area contributed by atoms with Crippen LogP contribution < -0.4 is 0 Å². The van der Waals surface area contributed by atoms with Gasteiger partial charge in [0.15, 0.2) is 5.78 Å². The Balaban J connectivity index is 1.51. The largest absolute Gasteiger partial charge is 0.378 e. The first kappa shape index (κ1) is 17.8. The lowest BCUT2D eigenvalue weighted by Crippen LogP contribution is -2.57. The van der Waals surface area contributed by atoms with Crippen molar-refractivity contribution in [2.24, 2.45) is 5.92 Å². The van der Waals surface area contributed by atoms with Crippen LogP contribution in [0, 0.1) is 23.1 Å². The third-order valence-corrected chi connectivity index (χ3v) is 5.62. The predicted octanol–water partition coefficient (Wildman–Crippen LogP) is 3.56. The Hall–Kier alpha value is -2.55. The van der Waals surface area contributed by atoms with Crippen LogP contribution in [0.1, 0.15) is 34.3 Å². The van der Waals surface area contributed by atoms with Crippen LogP contribution in [-0.4, -0.2) is 36.0 Å². The van der Waals surface area contributed by atoms with E-state index in [0.29, 0.717) is 18.8 Å². The van der Waals surface area contributed by atoms with Gasteiger partial charge in [-0.1, -0.05) is 30.3 Å². The number of rotatable bonds is 4. The lowest BCUT2D eigenvalue weighted by atomic mass is 9.80. The molecular weight excluding hydrogens is 343 g/mol. The van der Waals surface area contributed by atoms with E-state index in [0.717, 1.165) is 19.4 Å². The fraction of sp³-hybridized carbons (Fsp3) is 0.364. The first-order valence-corrected chi connectivity index (χ1v) is 9.27. The van der Waals surface area contributed by atoms with Gasteiger partial charge >= 0.3 is 0 Å². The smallest absolute Gasteiger partial charge is 0.166 e. The summed E-state index contributed by atoms with van der Waals surface area (Å²) in [6.07, 6.45) is 1.45. The second kappa shape index (κ2) is 7.59. The third kappa shape index (κ3) is 3.64. The maximum atomic E-state index is 13.6. The molecule has 0 radical (unpaired) electrons. The number of benzene rings is 2. The van der Waals surface area contributed by atoms with E-state index >= 15 is 0 Å². The van der Waals surface area contributed by atoms with Crippen LogP contribution in [0.25, 0.3) is 0 Å². The van der Waals surface area contributed by atoms with Crippen molar-refractivity contribution in [3.05, 3.63) is 71.0 Å². The summed E-state index contributed by atoms with van der Waals surface area (Å²) >= 11 is 0. The van der Waals surface area contributed by atoms with Gasteiger partial charge in [-0.15, -0.1) is 0 Å². The molecule has 2 bridgehead atoms. The molecule has 0 aliphatic carbocycles. The molecule has 4 rings (SSSR count). The molecule has 138 valence electrons. The molecule has 0 saturated carbocycles. The number of fused-ring (bicyclic) bond motifs is 2. The van der Waals surface area contributed by atoms with Crippen molar-refractivity contribution in [2.45, 2.75) is 31.5 Å². The topological polar surface area (TPSA) is 53.3 Å². The lowest BCUT2D eigenvalue weighted by Gasteiger charge is -2.48. The molecule has 0 spiro atoms. The molecule has 2 unspecified atom stereocenters. The maximum Gasteiger partial charge on any atom is 0.166 e. The summed E-state index contributed by atoms with van der Waals surface area (Å²) in [5.74, 6) is -0.701. The average molecular weight is 364 g/mol. The number of hydrogen-bond acceptors (Lipinski definition) is 4. The summed E-state index contributed by atoms with van der Waals surface area (Å²) in [5.41, 5.74) is 1.61. The van der Waals surface area contributed by atoms with E-state index in [9.17, 15) is 9.18 Å². The number of nitriles is 1. The second-order valence-corrected chi connectivity index (χ2v) is 7.34. The van der Waals surface area contributed by atoms with Gasteiger partial charge in [-0.25, -0.2) is 4.39 Å². The summed E-state index contributed by atoms with van der Waals surface area (Å²) < 4.78 is 19.3. The van der Waals surface area contributed by atoms with Gasteiger partial charge in [-0.2, -0.15) is 5.26 Å². The summed E-state index contributed by atoms with van der Waals surface area (Å²) in [7, 11) is 0. The highest BCUT2D eigenvalue weighted by atomic mass is 19.1. The quantitative estimate of drug-likeness (QED) is 0.779. The molecule has 0 N–H and O–H groups in total. The summed E-state index contributed by atoms with van der Waals surface area (Å²) in [6.45, 7) is 2.11. The van der Waals surface area contributed by atoms with Gasteiger partial charge < -0.3 is 4.74 Å². The first-order valence-electron chi connectivity index (χ1n) is 9.27. The Morgan fingerprint density at radius 1 is 1.15 bits per heavy atom. The molecule has 2 heterocycles. The van der Waals surface area contributed by atoms with Gasteiger partial charge in [-0.3, -0.25) is 9.69 Å². The minimum atomic E-state index is -0.586. The van der Waals surface area contributed by atoms with Crippen LogP contribution in [0.3, 0.4) is 0 Å². The number of carbonyl (C=O) groups excluding carboxylic acids is 1. The molecule has 0 aromatic heterocycles. The summed E-state index contributed by atoms with van der Waals surface area (Å²) in [6, 6.07) is 16.6. The number of Topliss-reactive ketones (excluding diaryl/α,β-unsaturated/α-hetero) is 1. The van der Waals surface area contributed by atoms with Gasteiger partial charge in [0, 0.05) is 30.1 Å². The molecule has 27 heavy (non-hydrogen) atoms. The monoisotopic (exact) mass is 364 g/mol. The van der Waals surface area contributed by atoms with E-state index in [1.165, 1.54) is 23.8 Å². The van der Waals surface area contributed by atoms with Crippen molar-refractivity contribution < 1.29 is 13.9 Å². The van der Waals surface area contributed by atoms with Gasteiger partial charge in [0.05, 0.1) is 18.8 Å². The average Bonchev–Trinajstić information content (AvgIpc) is 2.68. The van der Waals surface area contributed by atoms with Gasteiger partial charge in [0.2, 0.25) is 0 Å². The molecule has 2 saturated heterocycles. The second-order valence-electron chi connectivity index (χ2n) is 7.34. The van der Waals surface area contributed by atoms with Crippen LogP contribution >= 0.6 is 0 Å². The van der Waals surface area contributed by atoms with Crippen LogP contribution in [0.4, 0.5) is 4.39 Å². The first-order chi connectivity index (χ1) is 13.2. The summed E-state index contributed by atoms with van der Waals surface area (Å²) in [4.78, 5) is 15.4. The normalized spacial score (nSPS) is 25.0. The molecule has 2 atom stereocenters. The number of carbonyl (C=O) groups is 1. The highest BCUT2D eigenvalue weighted by Crippen LogP contribution is 2.34. The Kier molecular flexibility index (Phi) is 5.02. The van der Waals surface area contributed by atoms with Crippen molar-refractivity contribution in [3.63, 3.8) is 0 Å². The highest BCUT2D eigenvalue weighted by Gasteiger charge is 2.41. The van der Waals surface area contributed by atoms with E-state index in [4.69, 9.17) is 10.00 Å². The number of halogens is 1. The number of morpholine rings is 1. The molecule has 2 aromatic rings. The van der Waals surface area contributed by atoms with Crippen LogP contribution in [0.15, 0.2) is 48.5 Å². The minimum absolute atomic E-state index is 0.00256. The fourth-order valence-electron chi connectivity index (χ4n) is 4.26. The molecular formula is C22H21FN2O2. The van der Waals surface area contributed by atoms with Gasteiger partial charge in [0.25, 0.3) is 0 Å². The number of ether oxygens (including phenoxy) is 1.